The van der Waals surface area contributed by atoms with E-state index in [4.69, 9.17) is 0 Å². The second-order valence-corrected chi connectivity index (χ2v) is 8.49. The van der Waals surface area contributed by atoms with Gasteiger partial charge in [-0.1, -0.05) is 24.3 Å². The van der Waals surface area contributed by atoms with Gasteiger partial charge in [-0.25, -0.2) is 0 Å². The van der Waals surface area contributed by atoms with E-state index in [2.05, 4.69) is 37.5 Å². The molecule has 0 bridgehead atoms. The number of hydrogen-bond donors (Lipinski definition) is 2. The third kappa shape index (κ3) is 5.95. The fourth-order valence-corrected chi connectivity index (χ4v) is 3.62. The molecule has 2 N–H and O–H groups in total. The van der Waals surface area contributed by atoms with Crippen LogP contribution in [0.3, 0.4) is 0 Å². The van der Waals surface area contributed by atoms with Gasteiger partial charge in [0.15, 0.2) is 0 Å². The van der Waals surface area contributed by atoms with Crippen LogP contribution in [0.4, 0.5) is 0 Å². The first-order valence-corrected chi connectivity index (χ1v) is 9.53. The Morgan fingerprint density at radius 2 is 1.84 bits per heavy atom. The van der Waals surface area contributed by atoms with E-state index < -0.39 is 6.04 Å². The molecule has 7 heteroatoms. The highest BCUT2D eigenvalue weighted by atomic mass is 79.9. The van der Waals surface area contributed by atoms with Crippen molar-refractivity contribution < 1.29 is 9.59 Å². The minimum Gasteiger partial charge on any atom is -0.350 e. The number of nitrogens with one attached hydrogen (secondary N) is 2. The van der Waals surface area contributed by atoms with Crippen molar-refractivity contribution in [2.24, 2.45) is 0 Å². The molecule has 1 unspecified atom stereocenters. The smallest absolute Gasteiger partial charge is 0.262 e. The number of carbonyl (C=O) groups excluding carboxylic acids is 2. The third-order valence-corrected chi connectivity index (χ3v) is 5.22. The van der Waals surface area contributed by atoms with Crippen LogP contribution in [0.15, 0.2) is 40.2 Å². The second-order valence-electron chi connectivity index (χ2n) is 6.02. The van der Waals surface area contributed by atoms with E-state index in [0.717, 1.165) is 15.9 Å². The van der Waals surface area contributed by atoms with E-state index in [1.54, 1.807) is 13.0 Å². The van der Waals surface area contributed by atoms with Crippen LogP contribution >= 0.6 is 27.3 Å². The number of benzene rings is 1. The fraction of sp³-hybridized carbons (Fsp3) is 0.333. The van der Waals surface area contributed by atoms with Gasteiger partial charge in [-0.15, -0.1) is 11.3 Å². The maximum Gasteiger partial charge on any atom is 0.262 e. The molecule has 25 heavy (non-hydrogen) atoms. The Kier molecular flexibility index (Phi) is 7.16. The van der Waals surface area contributed by atoms with E-state index in [1.807, 2.05) is 38.4 Å². The molecule has 0 saturated carbocycles. The van der Waals surface area contributed by atoms with Crippen molar-refractivity contribution in [1.29, 1.82) is 0 Å². The van der Waals surface area contributed by atoms with Gasteiger partial charge in [-0.2, -0.15) is 0 Å². The summed E-state index contributed by atoms with van der Waals surface area (Å²) in [5.41, 5.74) is 2.25. The minimum atomic E-state index is -0.602. The van der Waals surface area contributed by atoms with E-state index in [1.165, 1.54) is 16.9 Å². The van der Waals surface area contributed by atoms with Crippen molar-refractivity contribution in [3.8, 4) is 0 Å². The number of thiophene rings is 1. The zero-order chi connectivity index (χ0) is 18.4. The molecule has 2 amide bonds. The molecule has 2 rings (SSSR count). The normalized spacial score (nSPS) is 12.0. The monoisotopic (exact) mass is 423 g/mol. The molecule has 1 heterocycles. The molecule has 5 nitrogen and oxygen atoms in total. The largest absolute Gasteiger partial charge is 0.350 e. The van der Waals surface area contributed by atoms with Gasteiger partial charge in [0.25, 0.3) is 5.91 Å². The lowest BCUT2D eigenvalue weighted by molar-refractivity contribution is -0.122. The molecule has 0 spiro atoms. The molecule has 0 aliphatic heterocycles. The molecule has 0 aliphatic rings. The molecule has 0 radical (unpaired) electrons. The van der Waals surface area contributed by atoms with Crippen molar-refractivity contribution in [3.05, 3.63) is 56.2 Å². The van der Waals surface area contributed by atoms with Crippen LogP contribution < -0.4 is 10.6 Å². The summed E-state index contributed by atoms with van der Waals surface area (Å²) in [5, 5.41) is 5.62. The summed E-state index contributed by atoms with van der Waals surface area (Å²) < 4.78 is 0.882. The van der Waals surface area contributed by atoms with Gasteiger partial charge in [0.1, 0.15) is 6.04 Å². The number of amides is 2. The van der Waals surface area contributed by atoms with E-state index >= 15 is 0 Å². The summed E-state index contributed by atoms with van der Waals surface area (Å²) in [7, 11) is 4.02. The molecular formula is C18H22BrN3O2S. The minimum absolute atomic E-state index is 0.205. The Balaban J connectivity index is 1.90. The van der Waals surface area contributed by atoms with Gasteiger partial charge in [0, 0.05) is 13.1 Å². The molecule has 2 aromatic rings. The van der Waals surface area contributed by atoms with E-state index in [-0.39, 0.29) is 11.8 Å². The maximum absolute atomic E-state index is 12.3. The summed E-state index contributed by atoms with van der Waals surface area (Å²) in [6, 6.07) is 11.0. The standard InChI is InChI=1S/C18H22BrN3O2S/c1-12(21-18(24)15-8-9-16(19)25-15)17(23)20-10-13-6-4-5-7-14(13)11-22(2)3/h4-9,12H,10-11H2,1-3H3,(H,20,23)(H,21,24). The van der Waals surface area contributed by atoms with Crippen LogP contribution in [0.5, 0.6) is 0 Å². The molecule has 0 fully saturated rings. The topological polar surface area (TPSA) is 61.4 Å². The van der Waals surface area contributed by atoms with Gasteiger partial charge < -0.3 is 15.5 Å². The molecule has 1 atom stereocenters. The van der Waals surface area contributed by atoms with Crippen LogP contribution in [0.1, 0.15) is 27.7 Å². The zero-order valence-electron chi connectivity index (χ0n) is 14.5. The molecule has 1 aromatic carbocycles. The highest BCUT2D eigenvalue weighted by Gasteiger charge is 2.17. The predicted octanol–water partition coefficient (Wildman–Crippen LogP) is 3.01. The average Bonchev–Trinajstić information content (AvgIpc) is 2.99. The summed E-state index contributed by atoms with van der Waals surface area (Å²) >= 11 is 4.66. The van der Waals surface area contributed by atoms with Crippen molar-refractivity contribution in [3.63, 3.8) is 0 Å². The average molecular weight is 424 g/mol. The molecular weight excluding hydrogens is 402 g/mol. The Morgan fingerprint density at radius 3 is 2.44 bits per heavy atom. The van der Waals surface area contributed by atoms with E-state index in [9.17, 15) is 9.59 Å². The number of hydrogen-bond acceptors (Lipinski definition) is 4. The molecule has 0 saturated heterocycles. The Bertz CT molecular complexity index is 745. The van der Waals surface area contributed by atoms with Crippen LogP contribution in [0.25, 0.3) is 0 Å². The van der Waals surface area contributed by atoms with Crippen LogP contribution in [0.2, 0.25) is 0 Å². The van der Waals surface area contributed by atoms with Crippen molar-refractivity contribution in [1.82, 2.24) is 15.5 Å². The predicted molar refractivity (Wildman–Crippen MR) is 105 cm³/mol. The second kappa shape index (κ2) is 9.12. The molecule has 0 aliphatic carbocycles. The quantitative estimate of drug-likeness (QED) is 0.719. The van der Waals surface area contributed by atoms with Crippen LogP contribution in [0, 0.1) is 0 Å². The van der Waals surface area contributed by atoms with Crippen molar-refractivity contribution in [2.75, 3.05) is 14.1 Å². The molecule has 1 aromatic heterocycles. The Hall–Kier alpha value is -1.70. The van der Waals surface area contributed by atoms with Gasteiger partial charge in [-0.3, -0.25) is 9.59 Å². The highest BCUT2D eigenvalue weighted by molar-refractivity contribution is 9.11. The Labute approximate surface area is 160 Å². The lowest BCUT2D eigenvalue weighted by Gasteiger charge is -2.17. The lowest BCUT2D eigenvalue weighted by Crippen LogP contribution is -2.44. The zero-order valence-corrected chi connectivity index (χ0v) is 16.9. The van der Waals surface area contributed by atoms with Gasteiger partial charge >= 0.3 is 0 Å². The number of rotatable bonds is 7. The highest BCUT2D eigenvalue weighted by Crippen LogP contribution is 2.21. The van der Waals surface area contributed by atoms with Gasteiger partial charge in [0.2, 0.25) is 5.91 Å². The SMILES string of the molecule is CC(NC(=O)c1ccc(Br)s1)C(=O)NCc1ccccc1CN(C)C. The number of nitrogens with zero attached hydrogens (tertiary/aromatic N) is 1. The maximum atomic E-state index is 12.3. The van der Waals surface area contributed by atoms with Gasteiger partial charge in [-0.05, 0) is 60.2 Å². The van der Waals surface area contributed by atoms with Crippen LogP contribution in [-0.2, 0) is 17.9 Å². The summed E-state index contributed by atoms with van der Waals surface area (Å²) in [5.74, 6) is -0.449. The first-order chi connectivity index (χ1) is 11.9. The first kappa shape index (κ1) is 19.6. The Morgan fingerprint density at radius 1 is 1.16 bits per heavy atom. The summed E-state index contributed by atoms with van der Waals surface area (Å²) in [4.78, 5) is 27.1. The van der Waals surface area contributed by atoms with Crippen molar-refractivity contribution >= 4 is 39.1 Å². The van der Waals surface area contributed by atoms with Crippen molar-refractivity contribution in [2.45, 2.75) is 26.1 Å². The fourth-order valence-electron chi connectivity index (χ4n) is 2.33. The van der Waals surface area contributed by atoms with Crippen LogP contribution in [-0.4, -0.2) is 36.9 Å². The number of carbonyl (C=O) groups is 2. The number of halogens is 1. The summed E-state index contributed by atoms with van der Waals surface area (Å²) in [6.45, 7) is 2.93. The van der Waals surface area contributed by atoms with Gasteiger partial charge in [0.05, 0.1) is 8.66 Å². The third-order valence-electron chi connectivity index (χ3n) is 3.60. The lowest BCUT2D eigenvalue weighted by atomic mass is 10.1. The van der Waals surface area contributed by atoms with E-state index in [0.29, 0.717) is 11.4 Å². The first-order valence-electron chi connectivity index (χ1n) is 7.92. The summed E-state index contributed by atoms with van der Waals surface area (Å²) in [6.07, 6.45) is 0. The molecule has 134 valence electrons.